The van der Waals surface area contributed by atoms with Gasteiger partial charge in [-0.2, -0.15) is 0 Å². The minimum Gasteiger partial charge on any atom is -0.465 e. The molecule has 6 amide bonds. The summed E-state index contributed by atoms with van der Waals surface area (Å²) in [7, 11) is 4.49. The lowest BCUT2D eigenvalue weighted by Gasteiger charge is -2.36. The van der Waals surface area contributed by atoms with Gasteiger partial charge in [0.25, 0.3) is 0 Å². The summed E-state index contributed by atoms with van der Waals surface area (Å²) < 4.78 is 0. The summed E-state index contributed by atoms with van der Waals surface area (Å²) in [5, 5.41) is 21.8. The molecule has 0 aromatic heterocycles. The molecule has 3 rings (SSSR count). The number of unbranched alkanes of at least 4 members (excludes halogenated alkanes) is 1. The van der Waals surface area contributed by atoms with E-state index in [-0.39, 0.29) is 30.7 Å². The van der Waals surface area contributed by atoms with Crippen molar-refractivity contribution in [1.82, 2.24) is 31.1 Å². The topological polar surface area (TPSA) is 177 Å². The lowest BCUT2D eigenvalue weighted by Crippen LogP contribution is -2.58. The quantitative estimate of drug-likeness (QED) is 0.0917. The van der Waals surface area contributed by atoms with Gasteiger partial charge in [0.05, 0.1) is 0 Å². The van der Waals surface area contributed by atoms with E-state index in [4.69, 9.17) is 0 Å². The van der Waals surface area contributed by atoms with Gasteiger partial charge in [-0.25, -0.2) is 4.79 Å². The number of benzene rings is 3. The summed E-state index contributed by atoms with van der Waals surface area (Å²) in [6.45, 7) is 9.07. The van der Waals surface area contributed by atoms with Crippen LogP contribution in [0.5, 0.6) is 0 Å². The van der Waals surface area contributed by atoms with Gasteiger partial charge in [-0.05, 0) is 61.4 Å². The molecule has 0 spiro atoms. The van der Waals surface area contributed by atoms with Crippen molar-refractivity contribution in [3.05, 3.63) is 96.1 Å². The van der Waals surface area contributed by atoms with E-state index in [0.29, 0.717) is 25.8 Å². The highest BCUT2D eigenvalue weighted by Gasteiger charge is 2.37. The highest BCUT2D eigenvalue weighted by Crippen LogP contribution is 2.23. The summed E-state index contributed by atoms with van der Waals surface area (Å²) in [5.41, 5.74) is 0.640. The molecule has 3 aromatic rings. The van der Waals surface area contributed by atoms with Crippen LogP contribution in [0, 0.1) is 0 Å². The van der Waals surface area contributed by atoms with E-state index in [2.05, 4.69) is 27.8 Å². The van der Waals surface area contributed by atoms with Crippen LogP contribution >= 0.6 is 0 Å². The Hall–Kier alpha value is -5.72. The van der Waals surface area contributed by atoms with Gasteiger partial charge in [0.1, 0.15) is 18.1 Å². The van der Waals surface area contributed by atoms with E-state index in [1.165, 1.54) is 37.9 Å². The fraction of sp³-hybridized carbons (Fsp3) is 0.415. The first-order chi connectivity index (χ1) is 25.5. The molecule has 0 aliphatic heterocycles. The molecular formula is C41H54N6O7. The van der Waals surface area contributed by atoms with Crippen LogP contribution < -0.4 is 21.3 Å². The first-order valence-corrected chi connectivity index (χ1v) is 18.0. The molecule has 13 nitrogen and oxygen atoms in total. The Morgan fingerprint density at radius 1 is 0.796 bits per heavy atom. The fourth-order valence-electron chi connectivity index (χ4n) is 6.39. The number of nitrogens with one attached hydrogen (secondary N) is 4. The van der Waals surface area contributed by atoms with Gasteiger partial charge in [-0.15, -0.1) is 0 Å². The van der Waals surface area contributed by atoms with Crippen molar-refractivity contribution < 1.29 is 33.9 Å². The predicted octanol–water partition coefficient (Wildman–Crippen LogP) is 3.81. The molecule has 290 valence electrons. The van der Waals surface area contributed by atoms with Crippen molar-refractivity contribution in [3.8, 4) is 0 Å². The van der Waals surface area contributed by atoms with Crippen molar-refractivity contribution in [2.45, 2.75) is 83.0 Å². The van der Waals surface area contributed by atoms with Gasteiger partial charge < -0.3 is 36.2 Å². The molecule has 13 heteroatoms. The summed E-state index contributed by atoms with van der Waals surface area (Å²) in [6, 6.07) is 19.7. The van der Waals surface area contributed by atoms with Gasteiger partial charge in [0.2, 0.25) is 29.5 Å². The third-order valence-corrected chi connectivity index (χ3v) is 9.28. The molecule has 3 unspecified atom stereocenters. The maximum Gasteiger partial charge on any atom is 0.405 e. The van der Waals surface area contributed by atoms with Gasteiger partial charge in [0.15, 0.2) is 0 Å². The van der Waals surface area contributed by atoms with Gasteiger partial charge >= 0.3 is 6.09 Å². The highest BCUT2D eigenvalue weighted by molar-refractivity contribution is 5.98. The first kappa shape index (κ1) is 42.7. The molecule has 0 saturated heterocycles. The third-order valence-electron chi connectivity index (χ3n) is 9.28. The summed E-state index contributed by atoms with van der Waals surface area (Å²) in [5.74, 6) is -2.16. The number of carbonyl (C=O) groups is 6. The molecule has 54 heavy (non-hydrogen) atoms. The van der Waals surface area contributed by atoms with Crippen molar-refractivity contribution in [2.24, 2.45) is 0 Å². The van der Waals surface area contributed by atoms with Gasteiger partial charge in [-0.3, -0.25) is 24.0 Å². The molecule has 0 saturated carbocycles. The molecule has 0 radical (unpaired) electrons. The Bertz CT molecular complexity index is 1810. The minimum absolute atomic E-state index is 0.0140. The van der Waals surface area contributed by atoms with Gasteiger partial charge in [0, 0.05) is 58.6 Å². The molecule has 0 fully saturated rings. The van der Waals surface area contributed by atoms with Crippen molar-refractivity contribution in [3.63, 3.8) is 0 Å². The second kappa shape index (κ2) is 19.9. The van der Waals surface area contributed by atoms with Crippen molar-refractivity contribution in [2.75, 3.05) is 27.7 Å². The first-order valence-electron chi connectivity index (χ1n) is 18.0. The Morgan fingerprint density at radius 2 is 1.43 bits per heavy atom. The smallest absolute Gasteiger partial charge is 0.405 e. The Labute approximate surface area is 317 Å². The Morgan fingerprint density at radius 3 is 2.06 bits per heavy atom. The van der Waals surface area contributed by atoms with E-state index in [0.717, 1.165) is 21.9 Å². The molecular weight excluding hydrogens is 688 g/mol. The second-order valence-electron chi connectivity index (χ2n) is 14.2. The van der Waals surface area contributed by atoms with E-state index in [1.54, 1.807) is 13.8 Å². The third kappa shape index (κ3) is 12.7. The molecule has 5 N–H and O–H groups in total. The van der Waals surface area contributed by atoms with Crippen LogP contribution in [-0.2, 0) is 36.8 Å². The zero-order chi connectivity index (χ0) is 40.0. The molecule has 0 aliphatic rings. The molecule has 0 aliphatic carbocycles. The number of carboxylic acid groups (broad SMARTS) is 1. The average Bonchev–Trinajstić information content (AvgIpc) is 3.13. The lowest BCUT2D eigenvalue weighted by atomic mass is 9.94. The van der Waals surface area contributed by atoms with E-state index >= 15 is 0 Å². The Kier molecular flexibility index (Phi) is 15.8. The van der Waals surface area contributed by atoms with Crippen LogP contribution in [0.1, 0.15) is 57.6 Å². The fourth-order valence-corrected chi connectivity index (χ4v) is 6.39. The van der Waals surface area contributed by atoms with Crippen LogP contribution in [0.3, 0.4) is 0 Å². The number of carbonyl (C=O) groups excluding carboxylic acids is 5. The Balaban J connectivity index is 1.98. The summed E-state index contributed by atoms with van der Waals surface area (Å²) >= 11 is 0. The number of amides is 6. The maximum absolute atomic E-state index is 14.7. The van der Waals surface area contributed by atoms with Crippen LogP contribution in [0.15, 0.2) is 84.9 Å². The van der Waals surface area contributed by atoms with Crippen LogP contribution in [0.2, 0.25) is 0 Å². The number of rotatable bonds is 19. The van der Waals surface area contributed by atoms with Crippen LogP contribution in [-0.4, -0.2) is 102 Å². The summed E-state index contributed by atoms with van der Waals surface area (Å²) in [6.07, 6.45) is 0.416. The lowest BCUT2D eigenvalue weighted by molar-refractivity contribution is -0.146. The normalized spacial score (nSPS) is 12.8. The minimum atomic E-state index is -1.24. The van der Waals surface area contributed by atoms with E-state index in [9.17, 15) is 33.9 Å². The number of fused-ring (bicyclic) bond motifs is 1. The average molecular weight is 743 g/mol. The monoisotopic (exact) mass is 742 g/mol. The van der Waals surface area contributed by atoms with Crippen LogP contribution in [0.25, 0.3) is 10.8 Å². The maximum atomic E-state index is 14.7. The number of hydrogen-bond acceptors (Lipinski definition) is 6. The van der Waals surface area contributed by atoms with Crippen LogP contribution in [0.4, 0.5) is 4.79 Å². The second-order valence-corrected chi connectivity index (χ2v) is 14.2. The SMILES string of the molecule is C=C(CC(C)(C)NC(=O)O)C(=O)N(C)C(Cc1ccc2ccccc2c1)C(=O)N(C)C(Cc1ccccc1)C(=O)NC(CCCCNC(C)=O)C(=O)NC. The van der Waals surface area contributed by atoms with E-state index in [1.807, 2.05) is 72.8 Å². The largest absolute Gasteiger partial charge is 0.465 e. The number of hydrogen-bond donors (Lipinski definition) is 5. The summed E-state index contributed by atoms with van der Waals surface area (Å²) in [4.78, 5) is 81.1. The van der Waals surface area contributed by atoms with E-state index < -0.39 is 53.4 Å². The molecule has 0 heterocycles. The molecule has 3 aromatic carbocycles. The molecule has 0 bridgehead atoms. The standard InChI is InChI=1S/C41H54N6O7/c1-27(26-41(3,4)45-40(53)54)38(51)47(7)35(25-30-20-21-31-17-11-12-18-32(31)23-30)39(52)46(6)34(24-29-15-9-8-10-16-29)37(50)44-33(36(49)42-5)19-13-14-22-43-28(2)48/h8-12,15-18,20-21,23,33-35,45H,1,13-14,19,22,24-26H2,2-7H3,(H,42,49)(H,43,48)(H,44,50)(H,53,54). The zero-order valence-corrected chi connectivity index (χ0v) is 32.1. The zero-order valence-electron chi connectivity index (χ0n) is 32.1. The predicted molar refractivity (Wildman–Crippen MR) is 208 cm³/mol. The number of likely N-dealkylation sites (N-methyl/N-ethyl adjacent to an activating group) is 3. The highest BCUT2D eigenvalue weighted by atomic mass is 16.4. The number of nitrogens with zero attached hydrogens (tertiary/aromatic N) is 2. The van der Waals surface area contributed by atoms with Crippen molar-refractivity contribution >= 4 is 46.4 Å². The van der Waals surface area contributed by atoms with Crippen molar-refractivity contribution in [1.29, 1.82) is 0 Å². The molecule has 3 atom stereocenters. The van der Waals surface area contributed by atoms with Gasteiger partial charge in [-0.1, -0.05) is 79.4 Å².